The van der Waals surface area contributed by atoms with Gasteiger partial charge in [0, 0.05) is 6.04 Å². The average molecular weight is 244 g/mol. The lowest BCUT2D eigenvalue weighted by molar-refractivity contribution is 0.0590. The smallest absolute Gasteiger partial charge is 0.0636 e. The van der Waals surface area contributed by atoms with Crippen LogP contribution in [0.15, 0.2) is 0 Å². The van der Waals surface area contributed by atoms with E-state index in [1.54, 1.807) is 0 Å². The Morgan fingerprint density at radius 1 is 1.00 bits per heavy atom. The molecule has 1 unspecified atom stereocenters. The molecule has 0 aliphatic rings. The molecule has 0 aliphatic heterocycles. The Bertz CT molecular complexity index is 151. The van der Waals surface area contributed by atoms with Crippen molar-refractivity contribution in [2.75, 3.05) is 6.61 Å². The van der Waals surface area contributed by atoms with Crippen molar-refractivity contribution in [2.45, 2.75) is 84.3 Å². The number of unbranched alkanes of at least 4 members (excludes halogenated alkanes) is 6. The predicted molar refractivity (Wildman–Crippen MR) is 74.8 cm³/mol. The van der Waals surface area contributed by atoms with Crippen molar-refractivity contribution < 1.29 is 4.74 Å². The van der Waals surface area contributed by atoms with Crippen molar-refractivity contribution in [3.8, 4) is 0 Å². The molecule has 0 aromatic carbocycles. The number of hydrogen-bond donors (Lipinski definition) is 2. The summed E-state index contributed by atoms with van der Waals surface area (Å²) in [6.45, 7) is 7.10. The van der Waals surface area contributed by atoms with Crippen LogP contribution in [-0.4, -0.2) is 18.8 Å². The van der Waals surface area contributed by atoms with Crippen LogP contribution in [0.5, 0.6) is 0 Å². The minimum atomic E-state index is 0.292. The van der Waals surface area contributed by atoms with Crippen LogP contribution in [0.1, 0.15) is 72.1 Å². The highest BCUT2D eigenvalue weighted by Gasteiger charge is 2.07. The molecule has 0 aromatic heterocycles. The van der Waals surface area contributed by atoms with Crippen LogP contribution in [0.4, 0.5) is 0 Å². The van der Waals surface area contributed by atoms with E-state index >= 15 is 0 Å². The van der Waals surface area contributed by atoms with Crippen molar-refractivity contribution in [1.29, 1.82) is 0 Å². The fourth-order valence-corrected chi connectivity index (χ4v) is 1.87. The van der Waals surface area contributed by atoms with Crippen LogP contribution in [0.3, 0.4) is 0 Å². The molecule has 0 spiro atoms. The summed E-state index contributed by atoms with van der Waals surface area (Å²) in [7, 11) is 0. The standard InChI is InChI=1S/C14H32N2O/c1-4-5-6-7-8-9-10-11-14(16-15)12-17-13(2)3/h13-14,16H,4-12,15H2,1-3H3. The molecule has 0 bridgehead atoms. The van der Waals surface area contributed by atoms with E-state index in [2.05, 4.69) is 26.2 Å². The number of hydrogen-bond acceptors (Lipinski definition) is 3. The quantitative estimate of drug-likeness (QED) is 0.314. The SMILES string of the molecule is CCCCCCCCCC(COC(C)C)NN. The number of hydrazine groups is 1. The maximum absolute atomic E-state index is 5.56. The predicted octanol–water partition coefficient (Wildman–Crippen LogP) is 3.38. The van der Waals surface area contributed by atoms with E-state index in [9.17, 15) is 0 Å². The summed E-state index contributed by atoms with van der Waals surface area (Å²) in [6, 6.07) is 0.313. The Morgan fingerprint density at radius 3 is 2.12 bits per heavy atom. The van der Waals surface area contributed by atoms with Gasteiger partial charge in [0.1, 0.15) is 0 Å². The van der Waals surface area contributed by atoms with Gasteiger partial charge in [0.05, 0.1) is 12.7 Å². The topological polar surface area (TPSA) is 47.3 Å². The lowest BCUT2D eigenvalue weighted by Crippen LogP contribution is -2.39. The second-order valence-corrected chi connectivity index (χ2v) is 5.16. The van der Waals surface area contributed by atoms with Crippen LogP contribution in [0, 0.1) is 0 Å². The summed E-state index contributed by atoms with van der Waals surface area (Å²) >= 11 is 0. The van der Waals surface area contributed by atoms with Crippen molar-refractivity contribution in [2.24, 2.45) is 5.84 Å². The second-order valence-electron chi connectivity index (χ2n) is 5.16. The summed E-state index contributed by atoms with van der Waals surface area (Å²) in [5.74, 6) is 5.51. The Hall–Kier alpha value is -0.120. The molecule has 1 atom stereocenters. The fraction of sp³-hybridized carbons (Fsp3) is 1.00. The van der Waals surface area contributed by atoms with E-state index in [1.165, 1.54) is 44.9 Å². The Balaban J connectivity index is 3.31. The van der Waals surface area contributed by atoms with E-state index in [-0.39, 0.29) is 0 Å². The second kappa shape index (κ2) is 12.3. The van der Waals surface area contributed by atoms with E-state index in [0.29, 0.717) is 12.1 Å². The zero-order valence-electron chi connectivity index (χ0n) is 12.0. The summed E-state index contributed by atoms with van der Waals surface area (Å²) in [5.41, 5.74) is 2.84. The van der Waals surface area contributed by atoms with Gasteiger partial charge < -0.3 is 4.74 Å². The third-order valence-electron chi connectivity index (χ3n) is 3.02. The Kier molecular flexibility index (Phi) is 12.3. The molecule has 17 heavy (non-hydrogen) atoms. The van der Waals surface area contributed by atoms with Crippen LogP contribution < -0.4 is 11.3 Å². The molecule has 0 aliphatic carbocycles. The number of nitrogens with one attached hydrogen (secondary N) is 1. The van der Waals surface area contributed by atoms with E-state index in [1.807, 2.05) is 0 Å². The normalized spacial score (nSPS) is 13.2. The van der Waals surface area contributed by atoms with Gasteiger partial charge in [-0.25, -0.2) is 0 Å². The summed E-state index contributed by atoms with van der Waals surface area (Å²) in [6.07, 6.45) is 10.8. The first-order valence-electron chi connectivity index (χ1n) is 7.28. The highest BCUT2D eigenvalue weighted by Crippen LogP contribution is 2.10. The molecule has 0 fully saturated rings. The molecular weight excluding hydrogens is 212 g/mol. The van der Waals surface area contributed by atoms with Gasteiger partial charge in [0.15, 0.2) is 0 Å². The summed E-state index contributed by atoms with van der Waals surface area (Å²) in [4.78, 5) is 0. The largest absolute Gasteiger partial charge is 0.377 e. The van der Waals surface area contributed by atoms with Gasteiger partial charge in [-0.05, 0) is 20.3 Å². The molecule has 3 heteroatoms. The van der Waals surface area contributed by atoms with Gasteiger partial charge in [-0.15, -0.1) is 0 Å². The van der Waals surface area contributed by atoms with Gasteiger partial charge in [0.25, 0.3) is 0 Å². The molecule has 0 heterocycles. The van der Waals surface area contributed by atoms with Crippen molar-refractivity contribution in [3.63, 3.8) is 0 Å². The average Bonchev–Trinajstić information content (AvgIpc) is 2.31. The third-order valence-corrected chi connectivity index (χ3v) is 3.02. The molecule has 3 nitrogen and oxygen atoms in total. The molecule has 0 saturated heterocycles. The monoisotopic (exact) mass is 244 g/mol. The molecule has 0 amide bonds. The number of nitrogens with two attached hydrogens (primary N) is 1. The molecule has 0 radical (unpaired) electrons. The molecule has 104 valence electrons. The molecule has 3 N–H and O–H groups in total. The van der Waals surface area contributed by atoms with Crippen molar-refractivity contribution >= 4 is 0 Å². The van der Waals surface area contributed by atoms with Gasteiger partial charge in [-0.1, -0.05) is 51.9 Å². The minimum absolute atomic E-state index is 0.292. The maximum Gasteiger partial charge on any atom is 0.0636 e. The molecule has 0 rings (SSSR count). The molecule has 0 saturated carbocycles. The first-order valence-corrected chi connectivity index (χ1v) is 7.28. The third kappa shape index (κ3) is 12.1. The zero-order valence-corrected chi connectivity index (χ0v) is 12.0. The number of rotatable bonds is 12. The highest BCUT2D eigenvalue weighted by atomic mass is 16.5. The van der Waals surface area contributed by atoms with Crippen LogP contribution >= 0.6 is 0 Å². The van der Waals surface area contributed by atoms with E-state index in [4.69, 9.17) is 10.6 Å². The first kappa shape index (κ1) is 16.9. The van der Waals surface area contributed by atoms with E-state index < -0.39 is 0 Å². The first-order chi connectivity index (χ1) is 8.20. The molecule has 0 aromatic rings. The van der Waals surface area contributed by atoms with Crippen LogP contribution in [0.25, 0.3) is 0 Å². The van der Waals surface area contributed by atoms with Gasteiger partial charge >= 0.3 is 0 Å². The van der Waals surface area contributed by atoms with Crippen molar-refractivity contribution in [3.05, 3.63) is 0 Å². The van der Waals surface area contributed by atoms with Crippen molar-refractivity contribution in [1.82, 2.24) is 5.43 Å². The van der Waals surface area contributed by atoms with E-state index in [0.717, 1.165) is 13.0 Å². The lowest BCUT2D eigenvalue weighted by atomic mass is 10.1. The highest BCUT2D eigenvalue weighted by molar-refractivity contribution is 4.63. The summed E-state index contributed by atoms with van der Waals surface area (Å²) < 4.78 is 5.56. The van der Waals surface area contributed by atoms with Gasteiger partial charge in [-0.3, -0.25) is 11.3 Å². The van der Waals surface area contributed by atoms with Gasteiger partial charge in [-0.2, -0.15) is 0 Å². The fourth-order valence-electron chi connectivity index (χ4n) is 1.87. The zero-order chi connectivity index (χ0) is 12.9. The minimum Gasteiger partial charge on any atom is -0.377 e. The summed E-state index contributed by atoms with van der Waals surface area (Å²) in [5, 5.41) is 0. The Morgan fingerprint density at radius 2 is 1.59 bits per heavy atom. The van der Waals surface area contributed by atoms with Crippen LogP contribution in [-0.2, 0) is 4.74 Å². The van der Waals surface area contributed by atoms with Crippen LogP contribution in [0.2, 0.25) is 0 Å². The maximum atomic E-state index is 5.56. The van der Waals surface area contributed by atoms with Gasteiger partial charge in [0.2, 0.25) is 0 Å². The lowest BCUT2D eigenvalue weighted by Gasteiger charge is -2.17. The molecular formula is C14H32N2O. The number of ether oxygens (including phenoxy) is 1. The Labute approximate surface area is 107 Å².